The van der Waals surface area contributed by atoms with Crippen LogP contribution in [0.1, 0.15) is 5.56 Å². The smallest absolute Gasteiger partial charge is 0.139 e. The summed E-state index contributed by atoms with van der Waals surface area (Å²) in [6.07, 6.45) is 1.11. The van der Waals surface area contributed by atoms with E-state index in [1.165, 1.54) is 11.3 Å². The van der Waals surface area contributed by atoms with E-state index >= 15 is 0 Å². The number of rotatable bonds is 5. The molecule has 2 heterocycles. The van der Waals surface area contributed by atoms with Crippen molar-refractivity contribution in [2.45, 2.75) is 6.42 Å². The molecule has 0 amide bonds. The van der Waals surface area contributed by atoms with Gasteiger partial charge >= 0.3 is 0 Å². The van der Waals surface area contributed by atoms with Gasteiger partial charge in [-0.2, -0.15) is 0 Å². The molecular weight excluding hydrogens is 392 g/mol. The highest BCUT2D eigenvalue weighted by Gasteiger charge is 2.18. The number of halogens is 1. The van der Waals surface area contributed by atoms with E-state index in [1.807, 2.05) is 24.3 Å². The van der Waals surface area contributed by atoms with E-state index in [-0.39, 0.29) is 0 Å². The first-order chi connectivity index (χ1) is 14.8. The number of H-pyrrole nitrogens is 1. The van der Waals surface area contributed by atoms with Crippen LogP contribution in [0.15, 0.2) is 72.8 Å². The molecular formula is C25H25ClN4. The van der Waals surface area contributed by atoms with Crippen LogP contribution in [0.2, 0.25) is 5.02 Å². The first-order valence-electron chi connectivity index (χ1n) is 10.5. The average Bonchev–Trinajstić information content (AvgIpc) is 3.22. The number of fused-ring (bicyclic) bond motifs is 1. The number of nitrogens with one attached hydrogen (secondary N) is 1. The molecule has 0 spiro atoms. The van der Waals surface area contributed by atoms with Crippen LogP contribution in [0.4, 0.5) is 5.69 Å². The Bertz CT molecular complexity index is 1100. The molecule has 1 N–H and O–H groups in total. The number of aromatic amines is 1. The fourth-order valence-corrected chi connectivity index (χ4v) is 4.40. The molecule has 0 aliphatic carbocycles. The number of imidazole rings is 1. The molecule has 1 aromatic heterocycles. The van der Waals surface area contributed by atoms with Gasteiger partial charge in [-0.25, -0.2) is 4.98 Å². The summed E-state index contributed by atoms with van der Waals surface area (Å²) < 4.78 is 0. The Morgan fingerprint density at radius 3 is 2.40 bits per heavy atom. The number of hydrogen-bond donors (Lipinski definition) is 1. The molecule has 30 heavy (non-hydrogen) atoms. The van der Waals surface area contributed by atoms with E-state index < -0.39 is 0 Å². The van der Waals surface area contributed by atoms with Crippen molar-refractivity contribution >= 4 is 28.3 Å². The van der Waals surface area contributed by atoms with Crippen LogP contribution in [-0.2, 0) is 6.42 Å². The van der Waals surface area contributed by atoms with E-state index in [0.717, 1.165) is 66.6 Å². The predicted octanol–water partition coefficient (Wildman–Crippen LogP) is 5.25. The number of nitrogens with zero attached hydrogens (tertiary/aromatic N) is 3. The summed E-state index contributed by atoms with van der Waals surface area (Å²) in [6, 6.07) is 25.1. The van der Waals surface area contributed by atoms with Gasteiger partial charge in [0.1, 0.15) is 5.82 Å². The number of aromatic nitrogens is 2. The Kier molecular flexibility index (Phi) is 5.43. The van der Waals surface area contributed by atoms with Gasteiger partial charge in [0.25, 0.3) is 0 Å². The normalized spacial score (nSPS) is 15.0. The van der Waals surface area contributed by atoms with Gasteiger partial charge in [0.2, 0.25) is 0 Å². The molecule has 0 saturated carbocycles. The summed E-state index contributed by atoms with van der Waals surface area (Å²) in [4.78, 5) is 13.0. The predicted molar refractivity (Wildman–Crippen MR) is 125 cm³/mol. The van der Waals surface area contributed by atoms with Gasteiger partial charge in [-0.1, -0.05) is 54.1 Å². The highest BCUT2D eigenvalue weighted by atomic mass is 35.5. The molecule has 5 rings (SSSR count). The molecule has 5 heteroatoms. The molecule has 0 radical (unpaired) electrons. The maximum absolute atomic E-state index is 6.66. The minimum absolute atomic E-state index is 0.734. The molecule has 1 saturated heterocycles. The number of benzene rings is 3. The van der Waals surface area contributed by atoms with E-state index in [4.69, 9.17) is 11.6 Å². The topological polar surface area (TPSA) is 35.2 Å². The summed E-state index contributed by atoms with van der Waals surface area (Å²) in [7, 11) is 0. The second kappa shape index (κ2) is 8.50. The first-order valence-corrected chi connectivity index (χ1v) is 10.9. The number of anilines is 1. The van der Waals surface area contributed by atoms with Crippen molar-refractivity contribution in [3.8, 4) is 11.4 Å². The molecule has 4 nitrogen and oxygen atoms in total. The number of para-hydroxylation sites is 2. The van der Waals surface area contributed by atoms with Gasteiger partial charge < -0.3 is 9.88 Å². The Morgan fingerprint density at radius 2 is 1.63 bits per heavy atom. The van der Waals surface area contributed by atoms with Crippen LogP contribution in [0, 0.1) is 0 Å². The van der Waals surface area contributed by atoms with Crippen molar-refractivity contribution in [3.63, 3.8) is 0 Å². The Morgan fingerprint density at radius 1 is 0.867 bits per heavy atom. The SMILES string of the molecule is Clc1cc(N2CCN(CCc3ccccc3)CC2)ccc1-c1nc2ccccc2[nH]1. The molecule has 0 bridgehead atoms. The minimum Gasteiger partial charge on any atom is -0.369 e. The van der Waals surface area contributed by atoms with E-state index in [2.05, 4.69) is 68.3 Å². The van der Waals surface area contributed by atoms with Crippen LogP contribution < -0.4 is 4.90 Å². The van der Waals surface area contributed by atoms with Gasteiger partial charge in [-0.05, 0) is 42.3 Å². The Labute approximate surface area is 182 Å². The quantitative estimate of drug-likeness (QED) is 0.482. The van der Waals surface area contributed by atoms with Crippen molar-refractivity contribution in [2.75, 3.05) is 37.6 Å². The van der Waals surface area contributed by atoms with E-state index in [1.54, 1.807) is 0 Å². The molecule has 0 atom stereocenters. The van der Waals surface area contributed by atoms with Crippen molar-refractivity contribution in [1.29, 1.82) is 0 Å². The summed E-state index contributed by atoms with van der Waals surface area (Å²) in [5.74, 6) is 0.818. The fraction of sp³-hybridized carbons (Fsp3) is 0.240. The molecule has 1 fully saturated rings. The van der Waals surface area contributed by atoms with Gasteiger partial charge in [-0.3, -0.25) is 4.90 Å². The third kappa shape index (κ3) is 4.07. The largest absolute Gasteiger partial charge is 0.369 e. The Hall–Kier alpha value is -2.82. The number of hydrogen-bond acceptors (Lipinski definition) is 3. The van der Waals surface area contributed by atoms with Crippen molar-refractivity contribution in [2.24, 2.45) is 0 Å². The van der Waals surface area contributed by atoms with Crippen LogP contribution in [0.5, 0.6) is 0 Å². The number of piperazine rings is 1. The van der Waals surface area contributed by atoms with Crippen molar-refractivity contribution in [3.05, 3.63) is 83.4 Å². The second-order valence-corrected chi connectivity index (χ2v) is 8.24. The standard InChI is InChI=1S/C25H25ClN4/c26-22-18-20(10-11-21(22)25-27-23-8-4-5-9-24(23)28-25)30-16-14-29(15-17-30)13-12-19-6-2-1-3-7-19/h1-11,18H,12-17H2,(H,27,28). The maximum atomic E-state index is 6.66. The monoisotopic (exact) mass is 416 g/mol. The molecule has 1 aliphatic heterocycles. The molecule has 4 aromatic rings. The van der Waals surface area contributed by atoms with Crippen LogP contribution in [0.25, 0.3) is 22.4 Å². The third-order valence-electron chi connectivity index (χ3n) is 5.89. The van der Waals surface area contributed by atoms with Gasteiger partial charge in [0.05, 0.1) is 16.1 Å². The highest BCUT2D eigenvalue weighted by Crippen LogP contribution is 2.31. The summed E-state index contributed by atoms with van der Waals surface area (Å²) in [6.45, 7) is 5.32. The van der Waals surface area contributed by atoms with Gasteiger partial charge in [-0.15, -0.1) is 0 Å². The highest BCUT2D eigenvalue weighted by molar-refractivity contribution is 6.33. The van der Waals surface area contributed by atoms with E-state index in [0.29, 0.717) is 0 Å². The lowest BCUT2D eigenvalue weighted by Gasteiger charge is -2.36. The van der Waals surface area contributed by atoms with Crippen LogP contribution in [0.3, 0.4) is 0 Å². The zero-order valence-corrected chi connectivity index (χ0v) is 17.6. The third-order valence-corrected chi connectivity index (χ3v) is 6.21. The van der Waals surface area contributed by atoms with Crippen LogP contribution >= 0.6 is 11.6 Å². The fourth-order valence-electron chi connectivity index (χ4n) is 4.13. The van der Waals surface area contributed by atoms with Gasteiger partial charge in [0, 0.05) is 44.0 Å². The summed E-state index contributed by atoms with van der Waals surface area (Å²) in [5, 5.41) is 0.734. The zero-order valence-electron chi connectivity index (χ0n) is 16.9. The van der Waals surface area contributed by atoms with Crippen LogP contribution in [-0.4, -0.2) is 47.6 Å². The first kappa shape index (κ1) is 19.2. The van der Waals surface area contributed by atoms with Crippen molar-refractivity contribution in [1.82, 2.24) is 14.9 Å². The summed E-state index contributed by atoms with van der Waals surface area (Å²) in [5.41, 5.74) is 5.52. The zero-order chi connectivity index (χ0) is 20.3. The lowest BCUT2D eigenvalue weighted by atomic mass is 10.1. The second-order valence-electron chi connectivity index (χ2n) is 7.83. The lowest BCUT2D eigenvalue weighted by molar-refractivity contribution is 0.261. The van der Waals surface area contributed by atoms with Gasteiger partial charge in [0.15, 0.2) is 0 Å². The minimum atomic E-state index is 0.734. The average molecular weight is 417 g/mol. The van der Waals surface area contributed by atoms with E-state index in [9.17, 15) is 0 Å². The Balaban J connectivity index is 1.23. The molecule has 152 valence electrons. The van der Waals surface area contributed by atoms with Crippen molar-refractivity contribution < 1.29 is 0 Å². The molecule has 0 unspecified atom stereocenters. The summed E-state index contributed by atoms with van der Waals surface area (Å²) >= 11 is 6.66. The molecule has 3 aromatic carbocycles. The lowest BCUT2D eigenvalue weighted by Crippen LogP contribution is -2.47. The molecule has 1 aliphatic rings. The maximum Gasteiger partial charge on any atom is 0.139 e.